The molecule has 0 saturated carbocycles. The van der Waals surface area contributed by atoms with Crippen molar-refractivity contribution in [3.05, 3.63) is 39.9 Å². The summed E-state index contributed by atoms with van der Waals surface area (Å²) in [5.74, 6) is -0.166. The van der Waals surface area contributed by atoms with Crippen LogP contribution in [0.4, 0.5) is 5.69 Å². The normalized spacial score (nSPS) is 10.1. The van der Waals surface area contributed by atoms with Gasteiger partial charge in [-0.25, -0.2) is 0 Å². The molecule has 5 nitrogen and oxygen atoms in total. The number of para-hydroxylation sites is 1. The lowest BCUT2D eigenvalue weighted by molar-refractivity contribution is -0.385. The molecule has 1 rings (SSSR count). The molecule has 0 aliphatic carbocycles. The van der Waals surface area contributed by atoms with Gasteiger partial charge in [0.05, 0.1) is 11.3 Å². The van der Waals surface area contributed by atoms with Crippen molar-refractivity contribution < 1.29 is 9.72 Å². The fraction of sp³-hybridized carbons (Fsp3) is 0.462. The maximum atomic E-state index is 11.6. The van der Waals surface area contributed by atoms with E-state index in [1.54, 1.807) is 18.2 Å². The molecule has 0 atom stereocenters. The predicted octanol–water partition coefficient (Wildman–Crippen LogP) is 2.44. The summed E-state index contributed by atoms with van der Waals surface area (Å²) in [6.45, 7) is 2.72. The predicted molar refractivity (Wildman–Crippen MR) is 69.3 cm³/mol. The molecular weight excluding hydrogens is 232 g/mol. The number of nitrogens with one attached hydrogen (secondary N) is 1. The fourth-order valence-corrected chi connectivity index (χ4v) is 1.68. The van der Waals surface area contributed by atoms with Gasteiger partial charge in [0.25, 0.3) is 5.69 Å². The molecular formula is C13H18N2O3. The molecule has 0 aromatic heterocycles. The van der Waals surface area contributed by atoms with E-state index in [9.17, 15) is 14.9 Å². The molecule has 0 spiro atoms. The Balaban J connectivity index is 2.51. The van der Waals surface area contributed by atoms with Crippen LogP contribution in [0.2, 0.25) is 0 Å². The van der Waals surface area contributed by atoms with Crippen molar-refractivity contribution in [1.82, 2.24) is 5.32 Å². The van der Waals surface area contributed by atoms with E-state index in [2.05, 4.69) is 12.2 Å². The quantitative estimate of drug-likeness (QED) is 0.459. The van der Waals surface area contributed by atoms with Crippen LogP contribution in [0.3, 0.4) is 0 Å². The van der Waals surface area contributed by atoms with Crippen molar-refractivity contribution in [2.45, 2.75) is 32.6 Å². The molecule has 0 bridgehead atoms. The average molecular weight is 250 g/mol. The summed E-state index contributed by atoms with van der Waals surface area (Å²) in [6.07, 6.45) is 3.17. The van der Waals surface area contributed by atoms with Gasteiger partial charge in [0, 0.05) is 18.2 Å². The van der Waals surface area contributed by atoms with Gasteiger partial charge in [-0.05, 0) is 6.42 Å². The van der Waals surface area contributed by atoms with Crippen LogP contribution in [0.25, 0.3) is 0 Å². The summed E-state index contributed by atoms with van der Waals surface area (Å²) in [7, 11) is 0. The van der Waals surface area contributed by atoms with Crippen LogP contribution < -0.4 is 5.32 Å². The Labute approximate surface area is 106 Å². The topological polar surface area (TPSA) is 72.2 Å². The summed E-state index contributed by atoms with van der Waals surface area (Å²) >= 11 is 0. The molecule has 0 saturated heterocycles. The van der Waals surface area contributed by atoms with Gasteiger partial charge in [-0.15, -0.1) is 0 Å². The third kappa shape index (κ3) is 4.53. The smallest absolute Gasteiger partial charge is 0.273 e. The Bertz CT molecular complexity index is 418. The van der Waals surface area contributed by atoms with Crippen molar-refractivity contribution in [2.75, 3.05) is 6.54 Å². The second-order valence-corrected chi connectivity index (χ2v) is 4.12. The second-order valence-electron chi connectivity index (χ2n) is 4.12. The number of amides is 1. The SMILES string of the molecule is CCCCCNC(=O)Cc1ccccc1[N+](=O)[O-]. The fourth-order valence-electron chi connectivity index (χ4n) is 1.68. The van der Waals surface area contributed by atoms with Crippen molar-refractivity contribution in [2.24, 2.45) is 0 Å². The maximum Gasteiger partial charge on any atom is 0.273 e. The maximum absolute atomic E-state index is 11.6. The third-order valence-corrected chi connectivity index (χ3v) is 2.64. The van der Waals surface area contributed by atoms with Crippen molar-refractivity contribution in [3.8, 4) is 0 Å². The highest BCUT2D eigenvalue weighted by molar-refractivity contribution is 5.79. The number of nitro benzene ring substituents is 1. The van der Waals surface area contributed by atoms with E-state index in [1.165, 1.54) is 6.07 Å². The molecule has 0 aliphatic rings. The first-order valence-electron chi connectivity index (χ1n) is 6.14. The first-order valence-corrected chi connectivity index (χ1v) is 6.14. The molecule has 0 unspecified atom stereocenters. The molecule has 1 aromatic carbocycles. The minimum atomic E-state index is -0.459. The largest absolute Gasteiger partial charge is 0.356 e. The third-order valence-electron chi connectivity index (χ3n) is 2.64. The molecule has 0 radical (unpaired) electrons. The molecule has 0 fully saturated rings. The number of nitro groups is 1. The molecule has 18 heavy (non-hydrogen) atoms. The lowest BCUT2D eigenvalue weighted by atomic mass is 10.1. The minimum Gasteiger partial charge on any atom is -0.356 e. The highest BCUT2D eigenvalue weighted by atomic mass is 16.6. The van der Waals surface area contributed by atoms with E-state index in [0.717, 1.165) is 19.3 Å². The Kier molecular flexibility index (Phi) is 5.84. The molecule has 1 aromatic rings. The van der Waals surface area contributed by atoms with Gasteiger partial charge in [0.1, 0.15) is 0 Å². The lowest BCUT2D eigenvalue weighted by Crippen LogP contribution is -2.26. The lowest BCUT2D eigenvalue weighted by Gasteiger charge is -2.05. The average Bonchev–Trinajstić information content (AvgIpc) is 2.35. The van der Waals surface area contributed by atoms with Gasteiger partial charge < -0.3 is 5.32 Å². The Hall–Kier alpha value is -1.91. The molecule has 1 N–H and O–H groups in total. The summed E-state index contributed by atoms with van der Waals surface area (Å²) < 4.78 is 0. The summed E-state index contributed by atoms with van der Waals surface area (Å²) in [5.41, 5.74) is 0.455. The number of carbonyl (C=O) groups excluding carboxylic acids is 1. The number of benzene rings is 1. The van der Waals surface area contributed by atoms with Crippen LogP contribution in [0.15, 0.2) is 24.3 Å². The van der Waals surface area contributed by atoms with E-state index in [4.69, 9.17) is 0 Å². The molecule has 98 valence electrons. The van der Waals surface area contributed by atoms with E-state index < -0.39 is 4.92 Å². The van der Waals surface area contributed by atoms with Gasteiger partial charge in [-0.3, -0.25) is 14.9 Å². The standard InChI is InChI=1S/C13H18N2O3/c1-2-3-6-9-14-13(16)10-11-7-4-5-8-12(11)15(17)18/h4-5,7-8H,2-3,6,9-10H2,1H3,(H,14,16). The van der Waals surface area contributed by atoms with Crippen LogP contribution in [-0.4, -0.2) is 17.4 Å². The number of hydrogen-bond donors (Lipinski definition) is 1. The summed E-state index contributed by atoms with van der Waals surface area (Å²) in [6, 6.07) is 6.33. The Morgan fingerprint density at radius 2 is 2.06 bits per heavy atom. The van der Waals surface area contributed by atoms with E-state index in [0.29, 0.717) is 12.1 Å². The number of hydrogen-bond acceptors (Lipinski definition) is 3. The molecule has 1 amide bonds. The number of carbonyl (C=O) groups is 1. The number of unbranched alkanes of at least 4 members (excludes halogenated alkanes) is 2. The van der Waals surface area contributed by atoms with Gasteiger partial charge in [0.15, 0.2) is 0 Å². The first kappa shape index (κ1) is 14.2. The molecule has 5 heteroatoms. The molecule has 0 aliphatic heterocycles. The number of rotatable bonds is 7. The van der Waals surface area contributed by atoms with Gasteiger partial charge in [0.2, 0.25) is 5.91 Å². The minimum absolute atomic E-state index is 0.00112. The van der Waals surface area contributed by atoms with Crippen LogP contribution >= 0.6 is 0 Å². The summed E-state index contributed by atoms with van der Waals surface area (Å²) in [4.78, 5) is 21.9. The summed E-state index contributed by atoms with van der Waals surface area (Å²) in [5, 5.41) is 13.5. The first-order chi connectivity index (χ1) is 8.65. The van der Waals surface area contributed by atoms with Crippen LogP contribution in [0.1, 0.15) is 31.7 Å². The van der Waals surface area contributed by atoms with Crippen LogP contribution in [-0.2, 0) is 11.2 Å². The highest BCUT2D eigenvalue weighted by Crippen LogP contribution is 2.17. The zero-order valence-electron chi connectivity index (χ0n) is 10.5. The van der Waals surface area contributed by atoms with Crippen molar-refractivity contribution in [3.63, 3.8) is 0 Å². The van der Waals surface area contributed by atoms with Gasteiger partial charge in [-0.1, -0.05) is 38.0 Å². The Morgan fingerprint density at radius 3 is 2.72 bits per heavy atom. The van der Waals surface area contributed by atoms with Crippen LogP contribution in [0.5, 0.6) is 0 Å². The van der Waals surface area contributed by atoms with Gasteiger partial charge >= 0.3 is 0 Å². The van der Waals surface area contributed by atoms with E-state index >= 15 is 0 Å². The zero-order valence-corrected chi connectivity index (χ0v) is 10.5. The Morgan fingerprint density at radius 1 is 1.33 bits per heavy atom. The van der Waals surface area contributed by atoms with E-state index in [1.807, 2.05) is 0 Å². The van der Waals surface area contributed by atoms with Gasteiger partial charge in [-0.2, -0.15) is 0 Å². The monoisotopic (exact) mass is 250 g/mol. The zero-order chi connectivity index (χ0) is 13.4. The van der Waals surface area contributed by atoms with Crippen molar-refractivity contribution >= 4 is 11.6 Å². The van der Waals surface area contributed by atoms with E-state index in [-0.39, 0.29) is 18.0 Å². The number of nitrogens with zero attached hydrogens (tertiary/aromatic N) is 1. The molecule has 0 heterocycles. The second kappa shape index (κ2) is 7.42. The van der Waals surface area contributed by atoms with Crippen molar-refractivity contribution in [1.29, 1.82) is 0 Å². The van der Waals surface area contributed by atoms with Crippen LogP contribution in [0, 0.1) is 10.1 Å². The highest BCUT2D eigenvalue weighted by Gasteiger charge is 2.14.